The summed E-state index contributed by atoms with van der Waals surface area (Å²) in [5, 5.41) is 0. The predicted molar refractivity (Wildman–Crippen MR) is 76.8 cm³/mol. The Morgan fingerprint density at radius 2 is 1.65 bits per heavy atom. The monoisotopic (exact) mass is 350 g/mol. The predicted octanol–water partition coefficient (Wildman–Crippen LogP) is -0.988. The number of amides is 1. The Balaban J connectivity index is 0.000000276. The molecule has 8 heteroatoms. The molecule has 134 valence electrons. The van der Waals surface area contributed by atoms with Crippen molar-refractivity contribution in [2.75, 3.05) is 19.6 Å². The number of carbonyl (C=O) groups is 1. The first-order valence-corrected chi connectivity index (χ1v) is 9.85. The molecule has 4 atom stereocenters. The van der Waals surface area contributed by atoms with Crippen LogP contribution in [0.15, 0.2) is 0 Å². The van der Waals surface area contributed by atoms with Gasteiger partial charge in [0.15, 0.2) is 0 Å². The van der Waals surface area contributed by atoms with Crippen molar-refractivity contribution >= 4 is 5.91 Å². The SMILES string of the molecule is O=C1CCCC2C3CC(CN12)C1CCCCN1C3.[O-][Cl+](O)(O)O. The van der Waals surface area contributed by atoms with Gasteiger partial charge in [-0.05, 0) is 50.5 Å². The zero-order valence-corrected chi connectivity index (χ0v) is 14.1. The van der Waals surface area contributed by atoms with Gasteiger partial charge in [0.05, 0.1) is 0 Å². The second-order valence-electron chi connectivity index (χ2n) is 7.25. The summed E-state index contributed by atoms with van der Waals surface area (Å²) in [6.45, 7) is 3.66. The molecule has 0 aromatic rings. The maximum absolute atomic E-state index is 12.1. The van der Waals surface area contributed by atoms with Crippen LogP contribution in [0.4, 0.5) is 0 Å². The van der Waals surface area contributed by atoms with Gasteiger partial charge in [-0.25, -0.2) is 0 Å². The fourth-order valence-electron chi connectivity index (χ4n) is 5.10. The van der Waals surface area contributed by atoms with E-state index in [0.717, 1.165) is 37.3 Å². The van der Waals surface area contributed by atoms with Crippen molar-refractivity contribution in [3.8, 4) is 0 Å². The van der Waals surface area contributed by atoms with Gasteiger partial charge in [0.1, 0.15) is 0 Å². The van der Waals surface area contributed by atoms with Gasteiger partial charge < -0.3 is 4.90 Å². The number of carbonyl (C=O) groups excluding carboxylic acids is 1. The molecule has 4 saturated heterocycles. The quantitative estimate of drug-likeness (QED) is 0.518. The van der Waals surface area contributed by atoms with Crippen LogP contribution in [0, 0.1) is 22.1 Å². The molecular weight excluding hydrogens is 324 g/mol. The Hall–Kier alpha value is -0.440. The van der Waals surface area contributed by atoms with E-state index in [-0.39, 0.29) is 0 Å². The van der Waals surface area contributed by atoms with Crippen molar-refractivity contribution in [2.24, 2.45) is 11.8 Å². The average Bonchev–Trinajstić information content (AvgIpc) is 2.47. The van der Waals surface area contributed by atoms with Crippen LogP contribution < -0.4 is 4.66 Å². The normalized spacial score (nSPS) is 38.1. The summed E-state index contributed by atoms with van der Waals surface area (Å²) in [7, 11) is -4.19. The number of rotatable bonds is 0. The van der Waals surface area contributed by atoms with Gasteiger partial charge in [-0.1, -0.05) is 6.42 Å². The first kappa shape index (κ1) is 17.4. The van der Waals surface area contributed by atoms with E-state index in [1.54, 1.807) is 0 Å². The molecular formula is C15H27ClN2O5. The van der Waals surface area contributed by atoms with Gasteiger partial charge in [-0.2, -0.15) is 0 Å². The van der Waals surface area contributed by atoms with Crippen LogP contribution in [-0.2, 0) is 4.79 Å². The first-order chi connectivity index (χ1) is 10.8. The van der Waals surface area contributed by atoms with E-state index in [0.29, 0.717) is 11.9 Å². The van der Waals surface area contributed by atoms with Crippen molar-refractivity contribution in [3.05, 3.63) is 0 Å². The van der Waals surface area contributed by atoms with Crippen LogP contribution in [-0.4, -0.2) is 61.4 Å². The Kier molecular flexibility index (Phi) is 5.15. The molecule has 4 aliphatic heterocycles. The van der Waals surface area contributed by atoms with Crippen molar-refractivity contribution in [3.63, 3.8) is 0 Å². The van der Waals surface area contributed by atoms with Crippen LogP contribution in [0.3, 0.4) is 0 Å². The van der Waals surface area contributed by atoms with E-state index in [1.807, 2.05) is 0 Å². The van der Waals surface area contributed by atoms with E-state index in [4.69, 9.17) is 18.6 Å². The number of halogens is 1. The Bertz CT molecular complexity index is 438. The van der Waals surface area contributed by atoms with Crippen LogP contribution in [0.2, 0.25) is 0 Å². The molecule has 0 aliphatic carbocycles. The average molecular weight is 351 g/mol. The third-order valence-electron chi connectivity index (χ3n) is 5.87. The van der Waals surface area contributed by atoms with Gasteiger partial charge in [-0.15, -0.1) is 0 Å². The summed E-state index contributed by atoms with van der Waals surface area (Å²) < 4.78 is 30.2. The number of hydrogen-bond acceptors (Lipinski definition) is 6. The van der Waals surface area contributed by atoms with Crippen LogP contribution in [0.5, 0.6) is 0 Å². The summed E-state index contributed by atoms with van der Waals surface area (Å²) in [5.74, 6) is 2.01. The second kappa shape index (κ2) is 6.82. The van der Waals surface area contributed by atoms with Gasteiger partial charge >= 0.3 is 28.9 Å². The van der Waals surface area contributed by atoms with Gasteiger partial charge in [-0.3, -0.25) is 9.69 Å². The zero-order chi connectivity index (χ0) is 16.6. The van der Waals surface area contributed by atoms with Crippen molar-refractivity contribution in [2.45, 2.75) is 57.0 Å². The topological polar surface area (TPSA) is 107 Å². The van der Waals surface area contributed by atoms with Gasteiger partial charge in [0.2, 0.25) is 5.91 Å². The summed E-state index contributed by atoms with van der Waals surface area (Å²) in [6, 6.07) is 1.39. The molecule has 0 radical (unpaired) electrons. The van der Waals surface area contributed by atoms with Crippen molar-refractivity contribution < 1.29 is 33.7 Å². The summed E-state index contributed by atoms with van der Waals surface area (Å²) in [4.78, 5) is 17.2. The zero-order valence-electron chi connectivity index (χ0n) is 13.3. The van der Waals surface area contributed by atoms with Gasteiger partial charge in [0.25, 0.3) is 0 Å². The molecule has 0 saturated carbocycles. The van der Waals surface area contributed by atoms with Crippen LogP contribution >= 0.6 is 0 Å². The molecule has 4 heterocycles. The first-order valence-electron chi connectivity index (χ1n) is 8.52. The third kappa shape index (κ3) is 4.15. The molecule has 4 aliphatic rings. The molecule has 2 bridgehead atoms. The number of hydrogen-bond donors (Lipinski definition) is 3. The van der Waals surface area contributed by atoms with E-state index >= 15 is 0 Å². The standard InChI is InChI=1S/C15H24N2O.ClH3O4/c18-15-6-3-5-14-11-8-12(10-17(14)15)13-4-1-2-7-16(13)9-11;2-1(3,4)5/h11-14H,1-10H2;2-4H. The Labute approximate surface area is 138 Å². The Morgan fingerprint density at radius 3 is 2.39 bits per heavy atom. The van der Waals surface area contributed by atoms with E-state index in [2.05, 4.69) is 9.80 Å². The molecule has 7 nitrogen and oxygen atoms in total. The van der Waals surface area contributed by atoms with E-state index < -0.39 is 10.2 Å². The number of nitrogens with zero attached hydrogens (tertiary/aromatic N) is 2. The van der Waals surface area contributed by atoms with Crippen molar-refractivity contribution in [1.29, 1.82) is 0 Å². The third-order valence-corrected chi connectivity index (χ3v) is 5.87. The number of piperidine rings is 4. The molecule has 0 aromatic heterocycles. The Morgan fingerprint density at radius 1 is 1.00 bits per heavy atom. The number of fused-ring (bicyclic) bond motifs is 6. The van der Waals surface area contributed by atoms with E-state index in [9.17, 15) is 4.79 Å². The van der Waals surface area contributed by atoms with Gasteiger partial charge in [0, 0.05) is 31.6 Å². The molecule has 23 heavy (non-hydrogen) atoms. The van der Waals surface area contributed by atoms with Crippen LogP contribution in [0.25, 0.3) is 0 Å². The summed E-state index contributed by atoms with van der Waals surface area (Å²) in [6.07, 6.45) is 8.78. The summed E-state index contributed by atoms with van der Waals surface area (Å²) >= 11 is 0. The minimum absolute atomic E-state index is 0.449. The van der Waals surface area contributed by atoms with Crippen LogP contribution in [0.1, 0.15) is 44.9 Å². The van der Waals surface area contributed by atoms with Crippen molar-refractivity contribution in [1.82, 2.24) is 9.80 Å². The summed E-state index contributed by atoms with van der Waals surface area (Å²) in [5.41, 5.74) is 0. The molecule has 0 aromatic carbocycles. The molecule has 4 fully saturated rings. The molecule has 1 amide bonds. The minimum atomic E-state index is -4.19. The molecule has 4 unspecified atom stereocenters. The fraction of sp³-hybridized carbons (Fsp3) is 0.933. The maximum atomic E-state index is 12.1. The molecule has 3 N–H and O–H groups in total. The second-order valence-corrected chi connectivity index (χ2v) is 8.12. The van der Waals surface area contributed by atoms with E-state index in [1.165, 1.54) is 45.2 Å². The molecule has 0 spiro atoms. The molecule has 4 rings (SSSR count). The fourth-order valence-corrected chi connectivity index (χ4v) is 5.10.